The molecule has 0 aliphatic carbocycles. The number of rotatable bonds is 3. The standard InChI is InChI=1S/C9H14N2O3/c1-5(2)7-8(13)10-9(14)11(7)4-6(3)12/h5,7H,4H2,1-3H3,(H,10,13,14). The average Bonchev–Trinajstić information content (AvgIpc) is 2.25. The van der Waals surface area contributed by atoms with Crippen LogP contribution < -0.4 is 5.32 Å². The van der Waals surface area contributed by atoms with Crippen molar-refractivity contribution in [3.63, 3.8) is 0 Å². The van der Waals surface area contributed by atoms with E-state index >= 15 is 0 Å². The zero-order chi connectivity index (χ0) is 10.9. The van der Waals surface area contributed by atoms with E-state index in [9.17, 15) is 14.4 Å². The van der Waals surface area contributed by atoms with E-state index in [2.05, 4.69) is 5.32 Å². The molecule has 3 amide bonds. The molecule has 1 unspecified atom stereocenters. The zero-order valence-corrected chi connectivity index (χ0v) is 8.53. The predicted octanol–water partition coefficient (Wildman–Crippen LogP) is 0.152. The lowest BCUT2D eigenvalue weighted by Crippen LogP contribution is -2.41. The number of Topliss-reactive ketones (excluding diaryl/α,β-unsaturated/α-hetero) is 1. The first-order valence-electron chi connectivity index (χ1n) is 4.54. The Morgan fingerprint density at radius 3 is 2.50 bits per heavy atom. The fourth-order valence-corrected chi connectivity index (χ4v) is 1.59. The number of nitrogens with zero attached hydrogens (tertiary/aromatic N) is 1. The summed E-state index contributed by atoms with van der Waals surface area (Å²) in [5, 5.41) is 2.20. The number of carbonyl (C=O) groups is 3. The van der Waals surface area contributed by atoms with E-state index in [0.29, 0.717) is 0 Å². The zero-order valence-electron chi connectivity index (χ0n) is 8.53. The summed E-state index contributed by atoms with van der Waals surface area (Å²) in [4.78, 5) is 34.8. The Hall–Kier alpha value is -1.39. The molecular weight excluding hydrogens is 184 g/mol. The van der Waals surface area contributed by atoms with Crippen LogP contribution in [0.4, 0.5) is 4.79 Å². The van der Waals surface area contributed by atoms with Gasteiger partial charge in [0.1, 0.15) is 11.8 Å². The molecule has 0 radical (unpaired) electrons. The van der Waals surface area contributed by atoms with Crippen molar-refractivity contribution in [2.45, 2.75) is 26.8 Å². The Morgan fingerprint density at radius 1 is 1.50 bits per heavy atom. The molecule has 0 aromatic heterocycles. The van der Waals surface area contributed by atoms with Crippen LogP contribution in [0, 0.1) is 5.92 Å². The average molecular weight is 198 g/mol. The predicted molar refractivity (Wildman–Crippen MR) is 49.6 cm³/mol. The monoisotopic (exact) mass is 198 g/mol. The minimum absolute atomic E-state index is 0.000417. The molecule has 1 rings (SSSR count). The first kappa shape index (κ1) is 10.7. The summed E-state index contributed by atoms with van der Waals surface area (Å²) in [6, 6.07) is -0.977. The Labute approximate surface area is 82.4 Å². The van der Waals surface area contributed by atoms with Gasteiger partial charge >= 0.3 is 6.03 Å². The number of urea groups is 1. The Morgan fingerprint density at radius 2 is 2.07 bits per heavy atom. The SMILES string of the molecule is CC(=O)CN1C(=O)NC(=O)C1C(C)C. The Balaban J connectivity index is 2.83. The van der Waals surface area contributed by atoms with E-state index in [1.54, 1.807) is 0 Å². The number of amides is 3. The summed E-state index contributed by atoms with van der Waals surface area (Å²) in [5.74, 6) is -0.424. The van der Waals surface area contributed by atoms with Crippen LogP contribution in [0.2, 0.25) is 0 Å². The third kappa shape index (κ3) is 1.92. The van der Waals surface area contributed by atoms with E-state index < -0.39 is 12.1 Å². The molecule has 0 saturated carbocycles. The molecule has 78 valence electrons. The lowest BCUT2D eigenvalue weighted by molar-refractivity contribution is -0.123. The van der Waals surface area contributed by atoms with Gasteiger partial charge in [0.15, 0.2) is 0 Å². The fourth-order valence-electron chi connectivity index (χ4n) is 1.59. The number of nitrogens with one attached hydrogen (secondary N) is 1. The van der Waals surface area contributed by atoms with E-state index in [0.717, 1.165) is 0 Å². The topological polar surface area (TPSA) is 66.5 Å². The summed E-state index contributed by atoms with van der Waals surface area (Å²) in [7, 11) is 0. The molecule has 1 saturated heterocycles. The molecule has 0 spiro atoms. The largest absolute Gasteiger partial charge is 0.325 e. The molecule has 1 aliphatic rings. The van der Waals surface area contributed by atoms with Crippen molar-refractivity contribution < 1.29 is 14.4 Å². The van der Waals surface area contributed by atoms with E-state index in [-0.39, 0.29) is 24.2 Å². The third-order valence-corrected chi connectivity index (χ3v) is 2.12. The van der Waals surface area contributed by atoms with Crippen LogP contribution in [0.25, 0.3) is 0 Å². The highest BCUT2D eigenvalue weighted by molar-refractivity contribution is 6.05. The fraction of sp³-hybridized carbons (Fsp3) is 0.667. The van der Waals surface area contributed by atoms with Crippen molar-refractivity contribution in [3.8, 4) is 0 Å². The van der Waals surface area contributed by atoms with Gasteiger partial charge in [0.2, 0.25) is 0 Å². The van der Waals surface area contributed by atoms with Gasteiger partial charge in [-0.05, 0) is 12.8 Å². The highest BCUT2D eigenvalue weighted by atomic mass is 16.2. The molecule has 0 aromatic rings. The number of hydrogen-bond donors (Lipinski definition) is 1. The highest BCUT2D eigenvalue weighted by Crippen LogP contribution is 2.16. The second kappa shape index (κ2) is 3.77. The lowest BCUT2D eigenvalue weighted by atomic mass is 10.0. The summed E-state index contributed by atoms with van der Waals surface area (Å²) in [5.41, 5.74) is 0. The molecule has 1 heterocycles. The van der Waals surface area contributed by atoms with Gasteiger partial charge in [-0.1, -0.05) is 13.8 Å². The van der Waals surface area contributed by atoms with Crippen molar-refractivity contribution in [2.75, 3.05) is 6.54 Å². The maximum atomic E-state index is 11.3. The smallest absolute Gasteiger partial charge is 0.305 e. The molecule has 0 bridgehead atoms. The highest BCUT2D eigenvalue weighted by Gasteiger charge is 2.40. The van der Waals surface area contributed by atoms with Crippen LogP contribution in [-0.2, 0) is 9.59 Å². The number of hydrogen-bond acceptors (Lipinski definition) is 3. The Bertz CT molecular complexity index is 286. The number of imide groups is 1. The van der Waals surface area contributed by atoms with Gasteiger partial charge in [0.25, 0.3) is 5.91 Å². The van der Waals surface area contributed by atoms with Gasteiger partial charge in [-0.15, -0.1) is 0 Å². The van der Waals surface area contributed by atoms with Crippen LogP contribution in [0.5, 0.6) is 0 Å². The molecule has 0 aromatic carbocycles. The first-order valence-corrected chi connectivity index (χ1v) is 4.54. The lowest BCUT2D eigenvalue weighted by Gasteiger charge is -2.22. The molecule has 1 fully saturated rings. The minimum Gasteiger partial charge on any atom is -0.305 e. The van der Waals surface area contributed by atoms with Crippen LogP contribution in [0.3, 0.4) is 0 Å². The second-order valence-corrected chi connectivity index (χ2v) is 3.81. The molecule has 1 N–H and O–H groups in total. The van der Waals surface area contributed by atoms with Gasteiger partial charge in [-0.25, -0.2) is 4.79 Å². The second-order valence-electron chi connectivity index (χ2n) is 3.81. The number of ketones is 1. The van der Waals surface area contributed by atoms with Crippen molar-refractivity contribution >= 4 is 17.7 Å². The van der Waals surface area contributed by atoms with Crippen molar-refractivity contribution in [3.05, 3.63) is 0 Å². The first-order chi connectivity index (χ1) is 6.43. The van der Waals surface area contributed by atoms with Gasteiger partial charge in [0, 0.05) is 0 Å². The maximum absolute atomic E-state index is 11.3. The third-order valence-electron chi connectivity index (χ3n) is 2.12. The van der Waals surface area contributed by atoms with E-state index in [1.165, 1.54) is 11.8 Å². The van der Waals surface area contributed by atoms with Gasteiger partial charge in [-0.3, -0.25) is 14.9 Å². The summed E-state index contributed by atoms with van der Waals surface area (Å²) < 4.78 is 0. The maximum Gasteiger partial charge on any atom is 0.325 e. The van der Waals surface area contributed by atoms with Crippen molar-refractivity contribution in [1.82, 2.24) is 10.2 Å². The van der Waals surface area contributed by atoms with Gasteiger partial charge in [-0.2, -0.15) is 0 Å². The molecule has 1 atom stereocenters. The molecule has 14 heavy (non-hydrogen) atoms. The molecule has 5 nitrogen and oxygen atoms in total. The van der Waals surface area contributed by atoms with Crippen LogP contribution >= 0.6 is 0 Å². The summed E-state index contributed by atoms with van der Waals surface area (Å²) in [6.45, 7) is 5.08. The quantitative estimate of drug-likeness (QED) is 0.656. The summed E-state index contributed by atoms with van der Waals surface area (Å²) >= 11 is 0. The van der Waals surface area contributed by atoms with E-state index in [4.69, 9.17) is 0 Å². The normalized spacial score (nSPS) is 21.7. The van der Waals surface area contributed by atoms with Gasteiger partial charge < -0.3 is 4.90 Å². The van der Waals surface area contributed by atoms with Crippen molar-refractivity contribution in [1.29, 1.82) is 0 Å². The van der Waals surface area contributed by atoms with Crippen LogP contribution in [0.15, 0.2) is 0 Å². The molecule has 5 heteroatoms. The van der Waals surface area contributed by atoms with E-state index in [1.807, 2.05) is 13.8 Å². The minimum atomic E-state index is -0.508. The van der Waals surface area contributed by atoms with Crippen molar-refractivity contribution in [2.24, 2.45) is 5.92 Å². The van der Waals surface area contributed by atoms with Crippen LogP contribution in [0.1, 0.15) is 20.8 Å². The van der Waals surface area contributed by atoms with Gasteiger partial charge in [0.05, 0.1) is 6.54 Å². The molecular formula is C9H14N2O3. The number of carbonyl (C=O) groups excluding carboxylic acids is 3. The Kier molecular flexibility index (Phi) is 2.88. The molecule has 1 aliphatic heterocycles. The summed E-state index contributed by atoms with van der Waals surface area (Å²) in [6.07, 6.45) is 0. The van der Waals surface area contributed by atoms with Crippen LogP contribution in [-0.4, -0.2) is 35.2 Å².